The van der Waals surface area contributed by atoms with Crippen LogP contribution in [-0.4, -0.2) is 318 Å². The second-order valence-electron chi connectivity index (χ2n) is 36.7. The summed E-state index contributed by atoms with van der Waals surface area (Å²) in [7, 11) is -18.3. The van der Waals surface area contributed by atoms with Crippen LogP contribution in [0.2, 0.25) is 0 Å². The Bertz CT molecular complexity index is 6240. The number of amides is 14. The highest BCUT2D eigenvalue weighted by Gasteiger charge is 2.48. The number of anilines is 1. The second-order valence-corrected chi connectivity index (χ2v) is 44.5. The van der Waals surface area contributed by atoms with Crippen molar-refractivity contribution in [3.63, 3.8) is 0 Å². The summed E-state index contributed by atoms with van der Waals surface area (Å²) in [6, 6.07) is 0.963. The average molecular weight is 2220 g/mol. The number of thiol groups is 2. The lowest BCUT2D eigenvalue weighted by Crippen LogP contribution is -2.58. The van der Waals surface area contributed by atoms with E-state index in [1.807, 2.05) is 61.5 Å². The fraction of sp³-hybridized carbons (Fsp3) is 0.522. The van der Waals surface area contributed by atoms with Gasteiger partial charge in [0.05, 0.1) is 57.0 Å². The number of guanidine groups is 1. The van der Waals surface area contributed by atoms with Gasteiger partial charge in [-0.05, 0) is 194 Å². The summed E-state index contributed by atoms with van der Waals surface area (Å²) in [5.41, 5.74) is 19.3. The van der Waals surface area contributed by atoms with E-state index < -0.39 is 248 Å². The molecule has 0 spiro atoms. The first-order chi connectivity index (χ1) is 69.9. The monoisotopic (exact) mass is 2220 g/mol. The Hall–Kier alpha value is -12.5. The molecule has 818 valence electrons. The van der Waals surface area contributed by atoms with Gasteiger partial charge in [0, 0.05) is 111 Å². The molecule has 149 heavy (non-hydrogen) atoms. The Morgan fingerprint density at radius 3 is 1.74 bits per heavy atom. The Kier molecular flexibility index (Phi) is 44.8. The molecule has 0 saturated carbocycles. The van der Waals surface area contributed by atoms with Gasteiger partial charge in [0.2, 0.25) is 88.4 Å². The number of carboxylic acids is 2. The molecule has 3 aromatic carbocycles. The number of rotatable bonds is 58. The largest absolute Gasteiger partial charge is 0.481 e. The fourth-order valence-electron chi connectivity index (χ4n) is 17.3. The maximum atomic E-state index is 14.1. The minimum absolute atomic E-state index is 0.00530. The summed E-state index contributed by atoms with van der Waals surface area (Å²) in [6.07, 6.45) is 8.26. The zero-order valence-electron chi connectivity index (χ0n) is 82.3. The summed E-state index contributed by atoms with van der Waals surface area (Å²) in [5.74, 6) is -17.5. The van der Waals surface area contributed by atoms with Gasteiger partial charge in [-0.2, -0.15) is 63.5 Å². The molecule has 57 heteroatoms. The van der Waals surface area contributed by atoms with Crippen molar-refractivity contribution in [1.82, 2.24) is 68.3 Å². The van der Waals surface area contributed by atoms with Crippen molar-refractivity contribution >= 4 is 195 Å². The number of carboxylic acid groups (broad SMARTS) is 2. The maximum absolute atomic E-state index is 14.1. The second kappa shape index (κ2) is 54.8. The summed E-state index contributed by atoms with van der Waals surface area (Å²) in [4.78, 5) is 215. The van der Waals surface area contributed by atoms with Gasteiger partial charge in [0.1, 0.15) is 66.4 Å². The number of hydrogen-bond donors (Lipinski definition) is 23. The van der Waals surface area contributed by atoms with Crippen molar-refractivity contribution in [2.45, 2.75) is 236 Å². The predicted molar refractivity (Wildman–Crippen MR) is 547 cm³/mol. The molecular formula is C92H128N19O31S7+. The smallest absolute Gasteiger partial charge is 0.305 e. The van der Waals surface area contributed by atoms with Gasteiger partial charge in [-0.3, -0.25) is 105 Å². The van der Waals surface area contributed by atoms with Crippen LogP contribution in [0.25, 0.3) is 0 Å². The van der Waals surface area contributed by atoms with Crippen LogP contribution in [0.15, 0.2) is 122 Å². The van der Waals surface area contributed by atoms with Gasteiger partial charge >= 0.3 is 11.9 Å². The van der Waals surface area contributed by atoms with E-state index in [1.165, 1.54) is 42.5 Å². The lowest BCUT2D eigenvalue weighted by molar-refractivity contribution is -0.438. The molecular weight excluding hydrogens is 2090 g/mol. The van der Waals surface area contributed by atoms with E-state index in [-0.39, 0.29) is 131 Å². The van der Waals surface area contributed by atoms with Crippen molar-refractivity contribution in [2.24, 2.45) is 17.2 Å². The van der Waals surface area contributed by atoms with Crippen LogP contribution in [-0.2, 0) is 128 Å². The first-order valence-corrected chi connectivity index (χ1v) is 55.7. The topological polar surface area (TPSA) is 787 Å². The molecule has 0 aromatic heterocycles. The molecule has 0 radical (unpaired) electrons. The number of benzene rings is 3. The number of nitrogens with zero attached hydrogens (tertiary/aromatic N) is 4. The third-order valence-electron chi connectivity index (χ3n) is 25.0. The van der Waals surface area contributed by atoms with Gasteiger partial charge < -0.3 is 100 Å². The van der Waals surface area contributed by atoms with E-state index in [0.717, 1.165) is 40.6 Å². The number of nitrogens with one attached hydrogen (secondary N) is 12. The number of allylic oxidation sites excluding steroid dienone is 7. The summed E-state index contributed by atoms with van der Waals surface area (Å²) >= 11 is 9.01. The Balaban J connectivity index is 0.869. The summed E-state index contributed by atoms with van der Waals surface area (Å²) < 4.78 is 147. The standard InChI is InChI=1S/C92H127N19O31S7/c1-52(112)101-67(87(127)107-66(50-144)86(126)104-62(19-14-35-98-90(95)96)82(122)99-47-75(114)102-63(44-78(117)118)84(124)103-61(18-8-9-34-93)83(123)100-48-77(116)110-39-15-20-70(110)88(128)105-64(45-79(119)120)85(125)106-65(49-143)81(94)121)51-145-71-46-76(115)111(89(71)129)40-36-97-74(113)21-7-6-10-37-108-68-30-28-57(148(136,137)138)42-59(68)91(2,3)72(108)32-22-53-16-13-17-54(80(53)142-55-24-26-56(27-25-55)147(133,134)135)23-33-73-92(4,5)60-43-58(149(139,140)141)29-31-69(60)109(73)38-11-12-41-146(130,131)132/h22-33,42-43,61-67,70-71H,6-21,34-41,44-51,93H2,1-5H3,(H23-,94,95,96,97,98,99,100,101,102,103,104,105,106,107,112,113,114,117,118,119,120,121,122,123,124,125,126,127,128,130,131,132,133,134,135,136,137,138,139,140,141,143,144)/p+1/t61-,62-,63-,64-,65-,66-,67-,70-,71?/m0/s1. The van der Waals surface area contributed by atoms with Gasteiger partial charge in [-0.1, -0.05) is 19.9 Å². The number of likely N-dealkylation sites (tertiary alicyclic amines) is 2. The molecule has 24 N–H and O–H groups in total. The van der Waals surface area contributed by atoms with Gasteiger partial charge in [0.15, 0.2) is 11.7 Å². The number of thioether (sulfide) groups is 1. The lowest BCUT2D eigenvalue weighted by Gasteiger charge is -2.27. The minimum Gasteiger partial charge on any atom is -0.481 e. The van der Waals surface area contributed by atoms with Crippen molar-refractivity contribution in [2.75, 3.05) is 86.8 Å². The van der Waals surface area contributed by atoms with Crippen LogP contribution >= 0.6 is 37.0 Å². The van der Waals surface area contributed by atoms with E-state index in [9.17, 15) is 139 Å². The first kappa shape index (κ1) is 122. The van der Waals surface area contributed by atoms with Crippen LogP contribution in [0.3, 0.4) is 0 Å². The highest BCUT2D eigenvalue weighted by atomic mass is 32.2. The molecule has 2 saturated heterocycles. The quantitative estimate of drug-likeness (QED) is 0.00614. The van der Waals surface area contributed by atoms with Crippen LogP contribution < -0.4 is 85.3 Å². The molecule has 2 fully saturated rings. The van der Waals surface area contributed by atoms with E-state index >= 15 is 0 Å². The van der Waals surface area contributed by atoms with Crippen molar-refractivity contribution in [3.8, 4) is 5.75 Å². The van der Waals surface area contributed by atoms with Crippen molar-refractivity contribution < 1.29 is 148 Å². The van der Waals surface area contributed by atoms with Crippen LogP contribution in [0, 0.1) is 5.41 Å². The SMILES string of the molecule is CC(=O)N[C@@H](CSC1CC(=O)N(CCNC(=O)CCCCC[N+]2=C(/C=C/C3=C(Oc4ccc(S(=O)(=O)O)cc4)C(=C/C=C4/N(CCCCS(=O)(=O)O)c5ccc(S(=O)(=O)O)cc5C4(C)C)/CCC3)C(C)(C)c3cc(S(=O)(=O)O)ccc32)C1=O)C(=O)N[C@@H](CS)C(=O)N[C@@H](CCCNC(=N)N)C(=O)NCC(=O)N[C@@H](CC(=O)O)C(=O)N[C@@H](CCCCN)C(=O)NCC(=O)N1CCC[C@H]1C(=O)N[C@@H](CC(=O)O)C(=O)N[C@@H](CS)C(N)=O. The molecule has 4 aliphatic heterocycles. The molecule has 1 aliphatic carbocycles. The molecule has 4 heterocycles. The predicted octanol–water partition coefficient (Wildman–Crippen LogP) is -0.987. The Morgan fingerprint density at radius 1 is 0.577 bits per heavy atom. The van der Waals surface area contributed by atoms with Crippen LogP contribution in [0.1, 0.15) is 168 Å². The first-order valence-electron chi connectivity index (χ1n) is 47.5. The third kappa shape index (κ3) is 35.6. The van der Waals surface area contributed by atoms with E-state index in [2.05, 4.69) is 83.7 Å². The average Bonchev–Trinajstić information content (AvgIpc) is 1.58. The van der Waals surface area contributed by atoms with Crippen LogP contribution in [0.5, 0.6) is 5.75 Å². The molecule has 3 aromatic rings. The lowest BCUT2D eigenvalue weighted by atomic mass is 9.81. The maximum Gasteiger partial charge on any atom is 0.305 e. The van der Waals surface area contributed by atoms with E-state index in [1.54, 1.807) is 6.07 Å². The normalized spacial score (nSPS) is 17.9. The van der Waals surface area contributed by atoms with Crippen molar-refractivity contribution in [1.29, 1.82) is 5.41 Å². The number of nitrogens with two attached hydrogens (primary N) is 3. The molecule has 8 rings (SSSR count). The summed E-state index contributed by atoms with van der Waals surface area (Å²) in [5, 5.41) is 52.1. The number of unbranched alkanes of at least 4 members (excludes halogenated alkanes) is 4. The number of hydrogen-bond acceptors (Lipinski definition) is 31. The molecule has 14 amide bonds. The molecule has 1 unspecified atom stereocenters. The number of primary amides is 1. The number of ether oxygens (including phenoxy) is 1. The minimum atomic E-state index is -4.71. The number of aliphatic carboxylic acids is 2. The van der Waals surface area contributed by atoms with E-state index in [4.69, 9.17) is 27.3 Å². The number of fused-ring (bicyclic) bond motifs is 2. The van der Waals surface area contributed by atoms with E-state index in [0.29, 0.717) is 102 Å². The van der Waals surface area contributed by atoms with Gasteiger partial charge in [-0.15, -0.1) is 11.8 Å². The van der Waals surface area contributed by atoms with Gasteiger partial charge in [0.25, 0.3) is 40.5 Å². The fourth-order valence-corrected chi connectivity index (χ4v) is 21.1. The highest BCUT2D eigenvalue weighted by Crippen LogP contribution is 2.50. The molecule has 0 bridgehead atoms. The molecule has 50 nitrogen and oxygen atoms in total. The van der Waals surface area contributed by atoms with Gasteiger partial charge in [-0.25, -0.2) is 0 Å². The van der Waals surface area contributed by atoms with Crippen LogP contribution in [0.4, 0.5) is 11.4 Å². The summed E-state index contributed by atoms with van der Waals surface area (Å²) in [6.45, 7) is 6.86. The Labute approximate surface area is 875 Å². The zero-order chi connectivity index (χ0) is 111. The molecule has 9 atom stereocenters. The number of carbonyl (C=O) groups excluding carboxylic acids is 14. The number of carbonyl (C=O) groups is 16. The Morgan fingerprint density at radius 2 is 1.15 bits per heavy atom. The molecule has 5 aliphatic rings. The number of imide groups is 1. The highest BCUT2D eigenvalue weighted by molar-refractivity contribution is 8.00. The zero-order valence-corrected chi connectivity index (χ0v) is 88.1. The third-order valence-corrected chi connectivity index (χ3v) is 30.4. The van der Waals surface area contributed by atoms with Crippen molar-refractivity contribution in [3.05, 3.63) is 119 Å².